The summed E-state index contributed by atoms with van der Waals surface area (Å²) in [6.07, 6.45) is -0.449. The standard InChI is InChI=1S/C16H23NO3/c1-10(2)8-17-13-6-5-12(9-18)7-14(13)20-15(11(3)4)16(17)19/h5-7,10-11,15,18H,8-9H2,1-4H3. The Morgan fingerprint density at radius 2 is 2.00 bits per heavy atom. The van der Waals surface area contributed by atoms with Crippen LogP contribution in [-0.2, 0) is 11.4 Å². The molecule has 20 heavy (non-hydrogen) atoms. The third-order valence-corrected chi connectivity index (χ3v) is 3.41. The summed E-state index contributed by atoms with van der Waals surface area (Å²) >= 11 is 0. The van der Waals surface area contributed by atoms with Crippen molar-refractivity contribution in [2.75, 3.05) is 11.4 Å². The molecule has 0 aromatic heterocycles. The number of benzene rings is 1. The van der Waals surface area contributed by atoms with Gasteiger partial charge in [0, 0.05) is 6.54 Å². The Labute approximate surface area is 120 Å². The molecule has 0 bridgehead atoms. The lowest BCUT2D eigenvalue weighted by molar-refractivity contribution is -0.128. The third-order valence-electron chi connectivity index (χ3n) is 3.41. The van der Waals surface area contributed by atoms with Gasteiger partial charge in [0.05, 0.1) is 12.3 Å². The van der Waals surface area contributed by atoms with Crippen LogP contribution in [0.1, 0.15) is 33.3 Å². The largest absolute Gasteiger partial charge is 0.478 e. The summed E-state index contributed by atoms with van der Waals surface area (Å²) in [5.41, 5.74) is 1.60. The highest BCUT2D eigenvalue weighted by atomic mass is 16.5. The van der Waals surface area contributed by atoms with Gasteiger partial charge in [0.1, 0.15) is 5.75 Å². The first kappa shape index (κ1) is 14.9. The Balaban J connectivity index is 2.43. The van der Waals surface area contributed by atoms with E-state index < -0.39 is 6.10 Å². The van der Waals surface area contributed by atoms with Crippen molar-refractivity contribution in [1.29, 1.82) is 0 Å². The molecule has 1 N–H and O–H groups in total. The van der Waals surface area contributed by atoms with Crippen molar-refractivity contribution in [3.63, 3.8) is 0 Å². The van der Waals surface area contributed by atoms with Gasteiger partial charge in [-0.2, -0.15) is 0 Å². The number of fused-ring (bicyclic) bond motifs is 1. The number of anilines is 1. The number of aliphatic hydroxyl groups is 1. The highest BCUT2D eigenvalue weighted by Crippen LogP contribution is 2.36. The van der Waals surface area contributed by atoms with Crippen molar-refractivity contribution in [2.24, 2.45) is 11.8 Å². The molecule has 0 saturated carbocycles. The van der Waals surface area contributed by atoms with Crippen LogP contribution in [0.2, 0.25) is 0 Å². The quantitative estimate of drug-likeness (QED) is 0.920. The van der Waals surface area contributed by atoms with Gasteiger partial charge in [-0.3, -0.25) is 4.79 Å². The number of rotatable bonds is 4. The molecule has 1 aliphatic heterocycles. The molecule has 1 aromatic carbocycles. The molecule has 110 valence electrons. The van der Waals surface area contributed by atoms with Crippen LogP contribution < -0.4 is 9.64 Å². The van der Waals surface area contributed by atoms with Crippen molar-refractivity contribution in [3.8, 4) is 5.75 Å². The van der Waals surface area contributed by atoms with Gasteiger partial charge in [-0.05, 0) is 29.5 Å². The molecule has 1 unspecified atom stereocenters. The SMILES string of the molecule is CC(C)CN1C(=O)C(C(C)C)Oc2cc(CO)ccc21. The Morgan fingerprint density at radius 1 is 1.30 bits per heavy atom. The van der Waals surface area contributed by atoms with Gasteiger partial charge >= 0.3 is 0 Å². The minimum Gasteiger partial charge on any atom is -0.478 e. The Kier molecular flexibility index (Phi) is 4.33. The van der Waals surface area contributed by atoms with E-state index in [0.717, 1.165) is 11.3 Å². The zero-order valence-corrected chi connectivity index (χ0v) is 12.6. The summed E-state index contributed by atoms with van der Waals surface area (Å²) in [6.45, 7) is 8.80. The van der Waals surface area contributed by atoms with Gasteiger partial charge in [-0.15, -0.1) is 0 Å². The summed E-state index contributed by atoms with van der Waals surface area (Å²) in [5.74, 6) is 1.21. The molecule has 0 saturated heterocycles. The fourth-order valence-corrected chi connectivity index (χ4v) is 2.41. The molecule has 4 nitrogen and oxygen atoms in total. The molecule has 2 rings (SSSR count). The highest BCUT2D eigenvalue weighted by molar-refractivity contribution is 6.00. The third kappa shape index (κ3) is 2.80. The molecule has 4 heteroatoms. The smallest absolute Gasteiger partial charge is 0.268 e. The zero-order valence-electron chi connectivity index (χ0n) is 12.6. The molecular formula is C16H23NO3. The highest BCUT2D eigenvalue weighted by Gasteiger charge is 2.36. The van der Waals surface area contributed by atoms with E-state index in [0.29, 0.717) is 18.2 Å². The van der Waals surface area contributed by atoms with E-state index in [2.05, 4.69) is 13.8 Å². The molecule has 1 atom stereocenters. The average Bonchev–Trinajstić information content (AvgIpc) is 2.40. The average molecular weight is 277 g/mol. The summed E-state index contributed by atoms with van der Waals surface area (Å²) in [4.78, 5) is 14.4. The predicted molar refractivity (Wildman–Crippen MR) is 78.8 cm³/mol. The van der Waals surface area contributed by atoms with Crippen LogP contribution in [0.5, 0.6) is 5.75 Å². The maximum absolute atomic E-state index is 12.6. The first-order valence-corrected chi connectivity index (χ1v) is 7.15. The number of carbonyl (C=O) groups excluding carboxylic acids is 1. The Morgan fingerprint density at radius 3 is 2.55 bits per heavy atom. The summed E-state index contributed by atoms with van der Waals surface area (Å²) < 4.78 is 5.86. The van der Waals surface area contributed by atoms with E-state index in [4.69, 9.17) is 4.74 Å². The first-order chi connectivity index (χ1) is 9.43. The van der Waals surface area contributed by atoms with Gasteiger partial charge < -0.3 is 14.7 Å². The fourth-order valence-electron chi connectivity index (χ4n) is 2.41. The normalized spacial score (nSPS) is 18.4. The van der Waals surface area contributed by atoms with Crippen LogP contribution in [0.3, 0.4) is 0 Å². The van der Waals surface area contributed by atoms with Crippen LogP contribution in [0.15, 0.2) is 18.2 Å². The van der Waals surface area contributed by atoms with Crippen LogP contribution >= 0.6 is 0 Å². The van der Waals surface area contributed by atoms with Gasteiger partial charge in [0.2, 0.25) is 0 Å². The van der Waals surface area contributed by atoms with E-state index in [9.17, 15) is 9.90 Å². The van der Waals surface area contributed by atoms with E-state index in [1.807, 2.05) is 36.9 Å². The van der Waals surface area contributed by atoms with Gasteiger partial charge in [-0.25, -0.2) is 0 Å². The monoisotopic (exact) mass is 277 g/mol. The lowest BCUT2D eigenvalue weighted by Crippen LogP contribution is -2.49. The number of hydrogen-bond donors (Lipinski definition) is 1. The molecule has 0 spiro atoms. The number of carbonyl (C=O) groups is 1. The summed E-state index contributed by atoms with van der Waals surface area (Å²) in [7, 11) is 0. The molecular weight excluding hydrogens is 254 g/mol. The Hall–Kier alpha value is -1.55. The van der Waals surface area contributed by atoms with E-state index in [-0.39, 0.29) is 18.4 Å². The molecule has 1 aromatic rings. The second kappa shape index (κ2) is 5.83. The van der Waals surface area contributed by atoms with Crippen LogP contribution in [0.4, 0.5) is 5.69 Å². The van der Waals surface area contributed by atoms with Crippen molar-refractivity contribution >= 4 is 11.6 Å². The lowest BCUT2D eigenvalue weighted by Gasteiger charge is -2.37. The molecule has 1 aliphatic rings. The van der Waals surface area contributed by atoms with Crippen LogP contribution in [0, 0.1) is 11.8 Å². The molecule has 0 radical (unpaired) electrons. The number of ether oxygens (including phenoxy) is 1. The van der Waals surface area contributed by atoms with Crippen molar-refractivity contribution in [1.82, 2.24) is 0 Å². The van der Waals surface area contributed by atoms with Crippen molar-refractivity contribution in [3.05, 3.63) is 23.8 Å². The fraction of sp³-hybridized carbons (Fsp3) is 0.562. The number of aliphatic hydroxyl groups excluding tert-OH is 1. The van der Waals surface area contributed by atoms with Crippen LogP contribution in [-0.4, -0.2) is 23.7 Å². The number of nitrogens with zero attached hydrogens (tertiary/aromatic N) is 1. The summed E-state index contributed by atoms with van der Waals surface area (Å²) in [6, 6.07) is 5.51. The number of hydrogen-bond acceptors (Lipinski definition) is 3. The maximum atomic E-state index is 12.6. The van der Waals surface area contributed by atoms with Gasteiger partial charge in [0.25, 0.3) is 5.91 Å². The first-order valence-electron chi connectivity index (χ1n) is 7.15. The minimum absolute atomic E-state index is 0.0259. The van der Waals surface area contributed by atoms with E-state index >= 15 is 0 Å². The predicted octanol–water partition coefficient (Wildman–Crippen LogP) is 2.58. The van der Waals surface area contributed by atoms with Crippen LogP contribution in [0.25, 0.3) is 0 Å². The Bertz CT molecular complexity index is 496. The maximum Gasteiger partial charge on any atom is 0.268 e. The minimum atomic E-state index is -0.449. The molecule has 0 fully saturated rings. The van der Waals surface area contributed by atoms with Crippen molar-refractivity contribution in [2.45, 2.75) is 40.4 Å². The molecule has 1 heterocycles. The number of amides is 1. The second-order valence-corrected chi connectivity index (χ2v) is 6.09. The zero-order chi connectivity index (χ0) is 14.9. The molecule has 1 amide bonds. The second-order valence-electron chi connectivity index (χ2n) is 6.09. The van der Waals surface area contributed by atoms with Gasteiger partial charge in [0.15, 0.2) is 6.10 Å². The van der Waals surface area contributed by atoms with E-state index in [1.165, 1.54) is 0 Å². The van der Waals surface area contributed by atoms with E-state index in [1.54, 1.807) is 0 Å². The van der Waals surface area contributed by atoms with Gasteiger partial charge in [-0.1, -0.05) is 33.8 Å². The molecule has 0 aliphatic carbocycles. The summed E-state index contributed by atoms with van der Waals surface area (Å²) in [5, 5.41) is 9.24. The lowest BCUT2D eigenvalue weighted by atomic mass is 10.0. The topological polar surface area (TPSA) is 49.8 Å². The van der Waals surface area contributed by atoms with Crippen molar-refractivity contribution < 1.29 is 14.6 Å².